The molecule has 1 atom stereocenters. The third-order valence-electron chi connectivity index (χ3n) is 3.61. The first-order valence-electron chi connectivity index (χ1n) is 6.47. The SMILES string of the molecule is CC1CN(C(=O)c2ccc3c(c2)CNC3)CCO1. The van der Waals surface area contributed by atoms with Crippen LogP contribution < -0.4 is 5.32 Å². The quantitative estimate of drug-likeness (QED) is 0.808. The summed E-state index contributed by atoms with van der Waals surface area (Å²) in [5, 5.41) is 3.30. The standard InChI is InChI=1S/C14H18N2O2/c1-10-9-16(4-5-18-10)14(17)11-2-3-12-7-15-8-13(12)6-11/h2-3,6,10,15H,4-5,7-9H2,1H3. The number of nitrogens with one attached hydrogen (secondary N) is 1. The molecule has 0 saturated carbocycles. The molecule has 4 heteroatoms. The number of rotatable bonds is 1. The van der Waals surface area contributed by atoms with E-state index in [2.05, 4.69) is 11.4 Å². The highest BCUT2D eigenvalue weighted by Crippen LogP contribution is 2.19. The third kappa shape index (κ3) is 2.13. The van der Waals surface area contributed by atoms with Gasteiger partial charge in [0.25, 0.3) is 5.91 Å². The molecule has 0 radical (unpaired) electrons. The average molecular weight is 246 g/mol. The van der Waals surface area contributed by atoms with Crippen molar-refractivity contribution in [1.29, 1.82) is 0 Å². The van der Waals surface area contributed by atoms with E-state index in [9.17, 15) is 4.79 Å². The van der Waals surface area contributed by atoms with Crippen molar-refractivity contribution in [3.05, 3.63) is 34.9 Å². The van der Waals surface area contributed by atoms with Crippen LogP contribution in [0.4, 0.5) is 0 Å². The van der Waals surface area contributed by atoms with Gasteiger partial charge in [0.2, 0.25) is 0 Å². The Labute approximate surface area is 107 Å². The molecule has 1 unspecified atom stereocenters. The molecule has 4 nitrogen and oxygen atoms in total. The highest BCUT2D eigenvalue weighted by atomic mass is 16.5. The van der Waals surface area contributed by atoms with Crippen molar-refractivity contribution in [1.82, 2.24) is 10.2 Å². The van der Waals surface area contributed by atoms with Crippen LogP contribution in [0.25, 0.3) is 0 Å². The van der Waals surface area contributed by atoms with Crippen molar-refractivity contribution in [2.75, 3.05) is 19.7 Å². The summed E-state index contributed by atoms with van der Waals surface area (Å²) in [6, 6.07) is 6.03. The Morgan fingerprint density at radius 2 is 2.22 bits per heavy atom. The van der Waals surface area contributed by atoms with E-state index in [1.54, 1.807) is 0 Å². The zero-order valence-electron chi connectivity index (χ0n) is 10.6. The molecule has 3 rings (SSSR count). The maximum Gasteiger partial charge on any atom is 0.254 e. The van der Waals surface area contributed by atoms with Crippen molar-refractivity contribution in [2.24, 2.45) is 0 Å². The molecule has 1 aromatic carbocycles. The van der Waals surface area contributed by atoms with Crippen LogP contribution in [-0.4, -0.2) is 36.6 Å². The highest BCUT2D eigenvalue weighted by Gasteiger charge is 2.23. The molecule has 1 saturated heterocycles. The number of amides is 1. The number of hydrogen-bond donors (Lipinski definition) is 1. The summed E-state index contributed by atoms with van der Waals surface area (Å²) in [7, 11) is 0. The van der Waals surface area contributed by atoms with Gasteiger partial charge in [0.05, 0.1) is 12.7 Å². The lowest BCUT2D eigenvalue weighted by Gasteiger charge is -2.31. The largest absolute Gasteiger partial charge is 0.375 e. The fourth-order valence-corrected chi connectivity index (χ4v) is 2.61. The van der Waals surface area contributed by atoms with Crippen molar-refractivity contribution in [3.8, 4) is 0 Å². The Morgan fingerprint density at radius 3 is 3.06 bits per heavy atom. The maximum absolute atomic E-state index is 12.4. The summed E-state index contributed by atoms with van der Waals surface area (Å²) in [6.07, 6.45) is 0.138. The van der Waals surface area contributed by atoms with Crippen LogP contribution >= 0.6 is 0 Å². The van der Waals surface area contributed by atoms with Gasteiger partial charge in [-0.3, -0.25) is 4.79 Å². The normalized spacial score (nSPS) is 22.9. The van der Waals surface area contributed by atoms with E-state index in [-0.39, 0.29) is 12.0 Å². The molecule has 2 aliphatic rings. The van der Waals surface area contributed by atoms with Crippen molar-refractivity contribution >= 4 is 5.91 Å². The summed E-state index contributed by atoms with van der Waals surface area (Å²) in [6.45, 7) is 5.81. The molecule has 0 aromatic heterocycles. The number of carbonyl (C=O) groups excluding carboxylic acids is 1. The number of carbonyl (C=O) groups is 1. The van der Waals surface area contributed by atoms with E-state index in [1.807, 2.05) is 24.0 Å². The topological polar surface area (TPSA) is 41.6 Å². The fourth-order valence-electron chi connectivity index (χ4n) is 2.61. The van der Waals surface area contributed by atoms with E-state index in [4.69, 9.17) is 4.74 Å². The monoisotopic (exact) mass is 246 g/mol. The van der Waals surface area contributed by atoms with Gasteiger partial charge in [0.15, 0.2) is 0 Å². The van der Waals surface area contributed by atoms with Crippen LogP contribution in [0.2, 0.25) is 0 Å². The van der Waals surface area contributed by atoms with Gasteiger partial charge in [0.1, 0.15) is 0 Å². The van der Waals surface area contributed by atoms with Gasteiger partial charge in [-0.05, 0) is 30.2 Å². The molecular formula is C14H18N2O2. The second-order valence-electron chi connectivity index (χ2n) is 5.02. The molecule has 1 amide bonds. The van der Waals surface area contributed by atoms with E-state index in [0.717, 1.165) is 18.7 Å². The number of hydrogen-bond acceptors (Lipinski definition) is 3. The van der Waals surface area contributed by atoms with Crippen LogP contribution in [0.3, 0.4) is 0 Å². The number of nitrogens with zero attached hydrogens (tertiary/aromatic N) is 1. The van der Waals surface area contributed by atoms with Gasteiger partial charge in [-0.25, -0.2) is 0 Å². The van der Waals surface area contributed by atoms with Crippen LogP contribution in [0.5, 0.6) is 0 Å². The predicted octanol–water partition coefficient (Wildman–Crippen LogP) is 1.15. The lowest BCUT2D eigenvalue weighted by Crippen LogP contribution is -2.44. The van der Waals surface area contributed by atoms with Crippen LogP contribution in [0.1, 0.15) is 28.4 Å². The number of fused-ring (bicyclic) bond motifs is 1. The van der Waals surface area contributed by atoms with Gasteiger partial charge in [-0.1, -0.05) is 6.07 Å². The molecule has 1 fully saturated rings. The van der Waals surface area contributed by atoms with Gasteiger partial charge < -0.3 is 15.0 Å². The Balaban J connectivity index is 1.79. The molecule has 1 aromatic rings. The van der Waals surface area contributed by atoms with Crippen LogP contribution in [0, 0.1) is 0 Å². The zero-order chi connectivity index (χ0) is 12.5. The smallest absolute Gasteiger partial charge is 0.254 e. The molecular weight excluding hydrogens is 228 g/mol. The van der Waals surface area contributed by atoms with Gasteiger partial charge in [0, 0.05) is 31.7 Å². The molecule has 18 heavy (non-hydrogen) atoms. The van der Waals surface area contributed by atoms with Gasteiger partial charge in [-0.15, -0.1) is 0 Å². The van der Waals surface area contributed by atoms with E-state index < -0.39 is 0 Å². The lowest BCUT2D eigenvalue weighted by atomic mass is 10.1. The van der Waals surface area contributed by atoms with E-state index in [1.165, 1.54) is 11.1 Å². The molecule has 2 heterocycles. The predicted molar refractivity (Wildman–Crippen MR) is 68.3 cm³/mol. The first-order valence-corrected chi connectivity index (χ1v) is 6.47. The fraction of sp³-hybridized carbons (Fsp3) is 0.500. The molecule has 0 bridgehead atoms. The summed E-state index contributed by atoms with van der Waals surface area (Å²) < 4.78 is 5.46. The van der Waals surface area contributed by atoms with E-state index in [0.29, 0.717) is 19.7 Å². The molecule has 1 N–H and O–H groups in total. The van der Waals surface area contributed by atoms with Crippen molar-refractivity contribution in [2.45, 2.75) is 26.1 Å². The van der Waals surface area contributed by atoms with E-state index >= 15 is 0 Å². The first kappa shape index (κ1) is 11.7. The minimum atomic E-state index is 0.125. The average Bonchev–Trinajstić information content (AvgIpc) is 2.85. The van der Waals surface area contributed by atoms with Crippen molar-refractivity contribution in [3.63, 3.8) is 0 Å². The van der Waals surface area contributed by atoms with Gasteiger partial charge >= 0.3 is 0 Å². The maximum atomic E-state index is 12.4. The number of morpholine rings is 1. The highest BCUT2D eigenvalue weighted by molar-refractivity contribution is 5.94. The Kier molecular flexibility index (Phi) is 3.06. The zero-order valence-corrected chi connectivity index (χ0v) is 10.6. The summed E-state index contributed by atoms with van der Waals surface area (Å²) in [5.74, 6) is 0.125. The third-order valence-corrected chi connectivity index (χ3v) is 3.61. The summed E-state index contributed by atoms with van der Waals surface area (Å²) >= 11 is 0. The first-order chi connectivity index (χ1) is 8.74. The minimum Gasteiger partial charge on any atom is -0.375 e. The molecule has 96 valence electrons. The second-order valence-corrected chi connectivity index (χ2v) is 5.02. The minimum absolute atomic E-state index is 0.125. The Hall–Kier alpha value is -1.39. The summed E-state index contributed by atoms with van der Waals surface area (Å²) in [5.41, 5.74) is 3.36. The Bertz CT molecular complexity index is 473. The van der Waals surface area contributed by atoms with Crippen LogP contribution in [0.15, 0.2) is 18.2 Å². The van der Waals surface area contributed by atoms with Gasteiger partial charge in [-0.2, -0.15) is 0 Å². The molecule has 2 aliphatic heterocycles. The van der Waals surface area contributed by atoms with Crippen molar-refractivity contribution < 1.29 is 9.53 Å². The summed E-state index contributed by atoms with van der Waals surface area (Å²) in [4.78, 5) is 14.3. The Morgan fingerprint density at radius 1 is 1.39 bits per heavy atom. The number of benzene rings is 1. The lowest BCUT2D eigenvalue weighted by molar-refractivity contribution is -0.0124. The molecule has 0 aliphatic carbocycles. The molecule has 0 spiro atoms. The second kappa shape index (κ2) is 4.71. The number of ether oxygens (including phenoxy) is 1. The van der Waals surface area contributed by atoms with Crippen LogP contribution in [-0.2, 0) is 17.8 Å².